The molecule has 1 amide bonds. The van der Waals surface area contributed by atoms with Crippen molar-refractivity contribution in [2.24, 2.45) is 13.0 Å². The Kier molecular flexibility index (Phi) is 9.81. The average Bonchev–Trinajstić information content (AvgIpc) is 3.69. The minimum atomic E-state index is -0.797. The number of benzene rings is 2. The Balaban J connectivity index is 1.44. The number of hydrogen-bond donors (Lipinski definition) is 1. The number of anilines is 1. The fourth-order valence-electron chi connectivity index (χ4n) is 7.02. The first-order chi connectivity index (χ1) is 21.0. The zero-order chi connectivity index (χ0) is 31.4. The lowest BCUT2D eigenvalue weighted by atomic mass is 9.83. The van der Waals surface area contributed by atoms with E-state index in [1.165, 1.54) is 5.56 Å². The molecule has 44 heavy (non-hydrogen) atoms. The van der Waals surface area contributed by atoms with Gasteiger partial charge < -0.3 is 23.8 Å². The minimum Gasteiger partial charge on any atom is -0.493 e. The first-order valence-electron chi connectivity index (χ1n) is 16.1. The lowest BCUT2D eigenvalue weighted by Gasteiger charge is -2.30. The van der Waals surface area contributed by atoms with E-state index in [-0.39, 0.29) is 24.4 Å². The van der Waals surface area contributed by atoms with E-state index in [0.29, 0.717) is 26.1 Å². The van der Waals surface area contributed by atoms with Gasteiger partial charge in [0.05, 0.1) is 40.2 Å². The molecule has 0 spiro atoms. The third-order valence-electron chi connectivity index (χ3n) is 9.18. The van der Waals surface area contributed by atoms with Crippen LogP contribution in [0, 0.1) is 5.92 Å². The molecule has 1 aromatic heterocycles. The zero-order valence-electron chi connectivity index (χ0n) is 27.0. The van der Waals surface area contributed by atoms with E-state index >= 15 is 0 Å². The maximum Gasteiger partial charge on any atom is 0.308 e. The van der Waals surface area contributed by atoms with E-state index in [0.717, 1.165) is 65.0 Å². The van der Waals surface area contributed by atoms with Crippen molar-refractivity contribution in [3.63, 3.8) is 0 Å². The van der Waals surface area contributed by atoms with Crippen molar-refractivity contribution in [1.29, 1.82) is 0 Å². The molecule has 0 unspecified atom stereocenters. The fraction of sp³-hybridized carbons (Fsp3) is 0.500. The molecular weight excluding hydrogens is 552 g/mol. The number of quaternary nitrogens is 1. The van der Waals surface area contributed by atoms with E-state index in [1.54, 1.807) is 0 Å². The number of ether oxygens (including phenoxy) is 1. The Morgan fingerprint density at radius 3 is 2.61 bits per heavy atom. The van der Waals surface area contributed by atoms with Crippen LogP contribution in [0.5, 0.6) is 5.75 Å². The summed E-state index contributed by atoms with van der Waals surface area (Å²) < 4.78 is 8.62. The summed E-state index contributed by atoms with van der Waals surface area (Å²) in [5.74, 6) is -0.696. The predicted octanol–water partition coefficient (Wildman–Crippen LogP) is 5.10. The monoisotopic (exact) mass is 601 g/mol. The van der Waals surface area contributed by atoms with Gasteiger partial charge in [-0.05, 0) is 60.7 Å². The summed E-state index contributed by atoms with van der Waals surface area (Å²) in [5, 5.41) is 10.6. The van der Waals surface area contributed by atoms with Gasteiger partial charge in [-0.15, -0.1) is 0 Å². The molecule has 0 bridgehead atoms. The van der Waals surface area contributed by atoms with E-state index in [9.17, 15) is 14.7 Å². The number of carbonyl (C=O) groups is 2. The summed E-state index contributed by atoms with van der Waals surface area (Å²) >= 11 is 0. The molecule has 0 saturated carbocycles. The van der Waals surface area contributed by atoms with Crippen molar-refractivity contribution in [3.8, 4) is 5.75 Å². The van der Waals surface area contributed by atoms with Gasteiger partial charge in [0.25, 0.3) is 0 Å². The van der Waals surface area contributed by atoms with Crippen LogP contribution in [0.2, 0.25) is 0 Å². The van der Waals surface area contributed by atoms with Gasteiger partial charge in [0.1, 0.15) is 12.3 Å². The van der Waals surface area contributed by atoms with Crippen molar-refractivity contribution >= 4 is 17.6 Å². The highest BCUT2D eigenvalue weighted by molar-refractivity contribution is 5.95. The summed E-state index contributed by atoms with van der Waals surface area (Å²) in [6, 6.07) is 18.3. The van der Waals surface area contributed by atoms with E-state index < -0.39 is 11.9 Å². The van der Waals surface area contributed by atoms with Gasteiger partial charge in [0.2, 0.25) is 5.91 Å². The first-order valence-corrected chi connectivity index (χ1v) is 16.1. The summed E-state index contributed by atoms with van der Waals surface area (Å²) in [7, 11) is 8.52. The summed E-state index contributed by atoms with van der Waals surface area (Å²) in [4.78, 5) is 31.3. The van der Waals surface area contributed by atoms with E-state index in [1.807, 2.05) is 48.5 Å². The Morgan fingerprint density at radius 2 is 1.91 bits per heavy atom. The second-order valence-corrected chi connectivity index (χ2v) is 13.6. The predicted molar refractivity (Wildman–Crippen MR) is 174 cm³/mol. The number of carboxylic acids is 1. The fourth-order valence-corrected chi connectivity index (χ4v) is 7.02. The normalized spacial score (nSPS) is 20.0. The Labute approximate surface area is 262 Å². The molecule has 2 aliphatic rings. The number of aryl methyl sites for hydroxylation is 2. The van der Waals surface area contributed by atoms with Gasteiger partial charge in [0.15, 0.2) is 0 Å². The standard InChI is InChI=1S/C36H48N4O4/c1-6-7-19-39(30-11-8-10-26(21-30)25-40(3,4)5)34(41)24-38-23-31(27-13-16-33-28(22-27)17-20-44-33)35(36(42)43)32(38)15-14-29-12-9-18-37(29)2/h8-13,16,18,21-22,31-32,35H,6-7,14-15,17,19-20,23-25H2,1-5H3/p+1/t31-,32+,35-/m1/s1. The molecule has 236 valence electrons. The van der Waals surface area contributed by atoms with Crippen molar-refractivity contribution in [2.75, 3.05) is 52.3 Å². The molecular formula is C36H49N4O4+. The third-order valence-corrected chi connectivity index (χ3v) is 9.18. The number of nitrogens with zero attached hydrogens (tertiary/aromatic N) is 4. The SMILES string of the molecule is CCCCN(C(=O)CN1C[C@H](c2ccc3c(c2)CCO3)[C@@H](C(=O)O)[C@@H]1CCc1cccn1C)c1cccc(C[N+](C)(C)C)c1. The molecule has 0 radical (unpaired) electrons. The molecule has 1 N–H and O–H groups in total. The van der Waals surface area contributed by atoms with Crippen molar-refractivity contribution in [2.45, 2.75) is 57.5 Å². The molecule has 8 nitrogen and oxygen atoms in total. The van der Waals surface area contributed by atoms with Gasteiger partial charge in [-0.25, -0.2) is 0 Å². The average molecular weight is 602 g/mol. The van der Waals surface area contributed by atoms with Crippen LogP contribution in [0.3, 0.4) is 0 Å². The molecule has 3 atom stereocenters. The highest BCUT2D eigenvalue weighted by atomic mass is 16.5. The number of unbranched alkanes of at least 4 members (excludes halogenated alkanes) is 1. The number of likely N-dealkylation sites (tertiary alicyclic amines) is 1. The second-order valence-electron chi connectivity index (χ2n) is 13.6. The van der Waals surface area contributed by atoms with Crippen LogP contribution in [-0.4, -0.2) is 84.4 Å². The molecule has 5 rings (SSSR count). The van der Waals surface area contributed by atoms with Crippen LogP contribution in [-0.2, 0) is 36.0 Å². The van der Waals surface area contributed by atoms with Gasteiger partial charge in [-0.3, -0.25) is 14.5 Å². The Bertz CT molecular complexity index is 1460. The van der Waals surface area contributed by atoms with Crippen LogP contribution < -0.4 is 9.64 Å². The van der Waals surface area contributed by atoms with Crippen LogP contribution in [0.25, 0.3) is 0 Å². The maximum absolute atomic E-state index is 14.2. The Morgan fingerprint density at radius 1 is 1.09 bits per heavy atom. The molecule has 1 fully saturated rings. The number of amides is 1. The Hall–Kier alpha value is -3.62. The van der Waals surface area contributed by atoms with Crippen molar-refractivity contribution in [3.05, 3.63) is 83.2 Å². The van der Waals surface area contributed by atoms with E-state index in [4.69, 9.17) is 4.74 Å². The van der Waals surface area contributed by atoms with Crippen molar-refractivity contribution in [1.82, 2.24) is 9.47 Å². The quantitative estimate of drug-likeness (QED) is 0.276. The van der Waals surface area contributed by atoms with Crippen molar-refractivity contribution < 1.29 is 23.9 Å². The molecule has 8 heteroatoms. The number of aliphatic carboxylic acids is 1. The lowest BCUT2D eigenvalue weighted by Crippen LogP contribution is -2.44. The summed E-state index contributed by atoms with van der Waals surface area (Å²) in [6.45, 7) is 5.03. The van der Waals surface area contributed by atoms with E-state index in [2.05, 4.69) is 61.8 Å². The van der Waals surface area contributed by atoms with Gasteiger partial charge in [-0.2, -0.15) is 0 Å². The molecule has 3 aromatic rings. The number of fused-ring (bicyclic) bond motifs is 1. The molecule has 2 aromatic carbocycles. The summed E-state index contributed by atoms with van der Waals surface area (Å²) in [5.41, 5.74) is 5.44. The smallest absolute Gasteiger partial charge is 0.308 e. The topological polar surface area (TPSA) is 75.0 Å². The third kappa shape index (κ3) is 7.36. The van der Waals surface area contributed by atoms with Crippen LogP contribution in [0.15, 0.2) is 60.8 Å². The zero-order valence-corrected chi connectivity index (χ0v) is 27.0. The maximum atomic E-state index is 14.2. The van der Waals surface area contributed by atoms with Gasteiger partial charge >= 0.3 is 5.97 Å². The molecule has 2 aliphatic heterocycles. The first kappa shape index (κ1) is 31.8. The number of carbonyl (C=O) groups excluding carboxylic acids is 1. The molecule has 1 saturated heterocycles. The van der Waals surface area contributed by atoms with Crippen LogP contribution >= 0.6 is 0 Å². The number of hydrogen-bond acceptors (Lipinski definition) is 4. The van der Waals surface area contributed by atoms with Crippen LogP contribution in [0.4, 0.5) is 5.69 Å². The molecule has 0 aliphatic carbocycles. The second kappa shape index (κ2) is 13.6. The van der Waals surface area contributed by atoms with Crippen LogP contribution in [0.1, 0.15) is 54.5 Å². The van der Waals surface area contributed by atoms with Gasteiger partial charge in [-0.1, -0.05) is 37.6 Å². The molecule has 3 heterocycles. The number of aromatic nitrogens is 1. The van der Waals surface area contributed by atoms with Gasteiger partial charge in [0, 0.05) is 61.7 Å². The lowest BCUT2D eigenvalue weighted by molar-refractivity contribution is -0.884. The number of carboxylic acid groups (broad SMARTS) is 1. The highest BCUT2D eigenvalue weighted by Gasteiger charge is 2.47. The largest absolute Gasteiger partial charge is 0.493 e. The summed E-state index contributed by atoms with van der Waals surface area (Å²) in [6.07, 6.45) is 6.16. The number of rotatable bonds is 13. The minimum absolute atomic E-state index is 0.0249. The highest BCUT2D eigenvalue weighted by Crippen LogP contribution is 2.41.